The van der Waals surface area contributed by atoms with Crippen LogP contribution >= 0.6 is 0 Å². The van der Waals surface area contributed by atoms with E-state index in [1.807, 2.05) is 0 Å². The zero-order valence-corrected chi connectivity index (χ0v) is 21.6. The van der Waals surface area contributed by atoms with Crippen molar-refractivity contribution in [2.24, 2.45) is 0 Å². The standard InChI is InChI=1S/2C14H11.2ClH.Zr/c2*1-10-8-12-7-6-11-4-2-3-5-13(11)14(12)9-10;;;/h2*2-7H,9H2,1H3;2*1H;/q;;;;+2/p-2. The van der Waals surface area contributed by atoms with Crippen LogP contribution in [0.15, 0.2) is 83.9 Å². The minimum Gasteiger partial charge on any atom is -1.00 e. The van der Waals surface area contributed by atoms with Gasteiger partial charge in [0, 0.05) is 0 Å². The average molecular weight is 521 g/mol. The molecule has 0 radical (unpaired) electrons. The van der Waals surface area contributed by atoms with Crippen LogP contribution < -0.4 is 24.8 Å². The van der Waals surface area contributed by atoms with Crippen LogP contribution in [-0.2, 0) is 36.1 Å². The SMILES string of the molecule is CC1=[C]([Zr+2][C]2=C(C)Cc3c2ccc2ccccc32)c2ccc3ccccc3c2C1.[Cl-].[Cl-]. The predicted octanol–water partition coefficient (Wildman–Crippen LogP) is 1.36. The van der Waals surface area contributed by atoms with Gasteiger partial charge in [-0.2, -0.15) is 0 Å². The Morgan fingerprint density at radius 3 is 1.42 bits per heavy atom. The van der Waals surface area contributed by atoms with Crippen molar-refractivity contribution < 1.29 is 48.0 Å². The molecule has 0 bridgehead atoms. The number of rotatable bonds is 2. The van der Waals surface area contributed by atoms with Crippen LogP contribution in [-0.4, -0.2) is 0 Å². The summed E-state index contributed by atoms with van der Waals surface area (Å²) in [5, 5.41) is 5.64. The van der Waals surface area contributed by atoms with Crippen molar-refractivity contribution in [2.75, 3.05) is 0 Å². The molecule has 0 N–H and O–H groups in total. The maximum absolute atomic E-state index is 2.40. The number of hydrogen-bond donors (Lipinski definition) is 0. The van der Waals surface area contributed by atoms with Gasteiger partial charge in [-0.05, 0) is 0 Å². The summed E-state index contributed by atoms with van der Waals surface area (Å²) in [4.78, 5) is 0. The van der Waals surface area contributed by atoms with Crippen molar-refractivity contribution in [3.05, 3.63) is 106 Å². The molecule has 3 heteroatoms. The van der Waals surface area contributed by atoms with Crippen molar-refractivity contribution in [1.29, 1.82) is 0 Å². The summed E-state index contributed by atoms with van der Waals surface area (Å²) in [6.07, 6.45) is 2.26. The van der Waals surface area contributed by atoms with E-state index in [1.54, 1.807) is 40.0 Å². The summed E-state index contributed by atoms with van der Waals surface area (Å²) >= 11 is -0.873. The number of hydrogen-bond acceptors (Lipinski definition) is 0. The first-order valence-corrected chi connectivity index (χ1v) is 12.8. The van der Waals surface area contributed by atoms with Gasteiger partial charge in [0.1, 0.15) is 0 Å². The molecule has 152 valence electrons. The second kappa shape index (κ2) is 8.70. The van der Waals surface area contributed by atoms with E-state index in [-0.39, 0.29) is 24.8 Å². The Bertz CT molecular complexity index is 1290. The Hall–Kier alpha value is -1.66. The van der Waals surface area contributed by atoms with Gasteiger partial charge in [0.15, 0.2) is 0 Å². The van der Waals surface area contributed by atoms with Crippen LogP contribution in [0.5, 0.6) is 0 Å². The summed E-state index contributed by atoms with van der Waals surface area (Å²) in [5.74, 6) is 0. The average Bonchev–Trinajstić information content (AvgIpc) is 3.25. The molecule has 4 aromatic carbocycles. The quantitative estimate of drug-likeness (QED) is 0.375. The third-order valence-electron chi connectivity index (χ3n) is 6.61. The molecule has 31 heavy (non-hydrogen) atoms. The van der Waals surface area contributed by atoms with Crippen LogP contribution in [0.4, 0.5) is 0 Å². The van der Waals surface area contributed by atoms with E-state index in [9.17, 15) is 0 Å². The van der Waals surface area contributed by atoms with Gasteiger partial charge in [-0.15, -0.1) is 0 Å². The van der Waals surface area contributed by atoms with E-state index in [0.717, 1.165) is 12.8 Å². The predicted molar refractivity (Wildman–Crippen MR) is 120 cm³/mol. The summed E-state index contributed by atoms with van der Waals surface area (Å²) in [5.41, 5.74) is 9.43. The second-order valence-corrected chi connectivity index (χ2v) is 11.5. The van der Waals surface area contributed by atoms with Gasteiger partial charge in [0.05, 0.1) is 0 Å². The molecule has 0 nitrogen and oxygen atoms in total. The Morgan fingerprint density at radius 1 is 0.548 bits per heavy atom. The number of benzene rings is 4. The Balaban J connectivity index is 0.00000116. The first-order chi connectivity index (χ1) is 14.2. The van der Waals surface area contributed by atoms with Gasteiger partial charge in [0.25, 0.3) is 0 Å². The largest absolute Gasteiger partial charge is 1.00 e. The monoisotopic (exact) mass is 518 g/mol. The van der Waals surface area contributed by atoms with Crippen LogP contribution in [0.2, 0.25) is 0 Å². The van der Waals surface area contributed by atoms with Gasteiger partial charge < -0.3 is 24.8 Å². The summed E-state index contributed by atoms with van der Waals surface area (Å²) in [6, 6.07) is 27.2. The van der Waals surface area contributed by atoms with E-state index >= 15 is 0 Å². The molecule has 0 unspecified atom stereocenters. The zero-order chi connectivity index (χ0) is 19.5. The Kier molecular flexibility index (Phi) is 6.33. The minimum absolute atomic E-state index is 0. The Morgan fingerprint density at radius 2 is 0.968 bits per heavy atom. The molecule has 0 aliphatic heterocycles. The fourth-order valence-corrected chi connectivity index (χ4v) is 9.07. The fraction of sp³-hybridized carbons (Fsp3) is 0.143. The van der Waals surface area contributed by atoms with E-state index in [0.29, 0.717) is 0 Å². The summed E-state index contributed by atoms with van der Waals surface area (Å²) < 4.78 is 3.43. The number of halogens is 2. The third-order valence-corrected chi connectivity index (χ3v) is 11.3. The molecule has 0 fully saturated rings. The molecule has 0 spiro atoms. The van der Waals surface area contributed by atoms with Crippen molar-refractivity contribution in [2.45, 2.75) is 26.7 Å². The summed E-state index contributed by atoms with van der Waals surface area (Å²) in [6.45, 7) is 4.74. The molecule has 6 rings (SSSR count). The molecule has 0 heterocycles. The van der Waals surface area contributed by atoms with Crippen molar-refractivity contribution in [1.82, 2.24) is 0 Å². The van der Waals surface area contributed by atoms with E-state index in [2.05, 4.69) is 86.6 Å². The van der Waals surface area contributed by atoms with E-state index in [4.69, 9.17) is 0 Å². The topological polar surface area (TPSA) is 0 Å². The van der Waals surface area contributed by atoms with Gasteiger partial charge in [-0.1, -0.05) is 0 Å². The molecular formula is C28H22Cl2Zr. The van der Waals surface area contributed by atoms with Gasteiger partial charge in [0.2, 0.25) is 0 Å². The summed E-state index contributed by atoms with van der Waals surface area (Å²) in [7, 11) is 0. The molecule has 2 aliphatic rings. The van der Waals surface area contributed by atoms with Crippen LogP contribution in [0, 0.1) is 0 Å². The van der Waals surface area contributed by atoms with E-state index in [1.165, 1.54) is 21.5 Å². The maximum atomic E-state index is 2.40. The normalized spacial score (nSPS) is 14.3. The van der Waals surface area contributed by atoms with Gasteiger partial charge >= 0.3 is 184 Å². The fourth-order valence-electron chi connectivity index (χ4n) is 5.16. The number of allylic oxidation sites excluding steroid dienone is 2. The number of fused-ring (bicyclic) bond motifs is 6. The first kappa shape index (κ1) is 22.5. The van der Waals surface area contributed by atoms with Crippen LogP contribution in [0.25, 0.3) is 28.1 Å². The van der Waals surface area contributed by atoms with Crippen molar-refractivity contribution >= 4 is 28.1 Å². The van der Waals surface area contributed by atoms with Crippen molar-refractivity contribution in [3.8, 4) is 0 Å². The molecule has 0 aromatic heterocycles. The molecule has 0 amide bonds. The third kappa shape index (κ3) is 3.56. The minimum atomic E-state index is -0.873. The van der Waals surface area contributed by atoms with Gasteiger partial charge in [-0.3, -0.25) is 0 Å². The van der Waals surface area contributed by atoms with Crippen LogP contribution in [0.1, 0.15) is 36.1 Å². The molecule has 4 aromatic rings. The molecule has 0 saturated heterocycles. The molecule has 0 saturated carbocycles. The second-order valence-electron chi connectivity index (χ2n) is 8.41. The van der Waals surface area contributed by atoms with Gasteiger partial charge in [-0.25, -0.2) is 0 Å². The zero-order valence-electron chi connectivity index (χ0n) is 17.6. The van der Waals surface area contributed by atoms with Crippen LogP contribution in [0.3, 0.4) is 0 Å². The molecular weight excluding hydrogens is 498 g/mol. The van der Waals surface area contributed by atoms with E-state index < -0.39 is 23.2 Å². The molecule has 2 aliphatic carbocycles. The Labute approximate surface area is 207 Å². The molecule has 0 atom stereocenters. The van der Waals surface area contributed by atoms with Crippen molar-refractivity contribution in [3.63, 3.8) is 0 Å². The smallest absolute Gasteiger partial charge is 1.00 e. The maximum Gasteiger partial charge on any atom is -1.00 e. The first-order valence-electron chi connectivity index (χ1n) is 10.4.